The van der Waals surface area contributed by atoms with Gasteiger partial charge in [-0.2, -0.15) is 0 Å². The van der Waals surface area contributed by atoms with Crippen LogP contribution in [0.5, 0.6) is 0 Å². The third kappa shape index (κ3) is 22.6. The molecule has 0 radical (unpaired) electrons. The molecule has 0 saturated carbocycles. The summed E-state index contributed by atoms with van der Waals surface area (Å²) in [6.45, 7) is 18.7. The molecular weight excluding hydrogens is 384 g/mol. The molecular formula is C32H56. The fourth-order valence-corrected chi connectivity index (χ4v) is 2.57. The quantitative estimate of drug-likeness (QED) is 0.346. The Hall–Kier alpha value is -2.08. The van der Waals surface area contributed by atoms with Crippen molar-refractivity contribution in [2.75, 3.05) is 0 Å². The predicted octanol–water partition coefficient (Wildman–Crippen LogP) is 11.8. The van der Waals surface area contributed by atoms with Crippen LogP contribution >= 0.6 is 0 Å². The van der Waals surface area contributed by atoms with Crippen molar-refractivity contribution in [1.29, 1.82) is 0 Å². The summed E-state index contributed by atoms with van der Waals surface area (Å²) in [6.07, 6.45) is 7.99. The highest BCUT2D eigenvalue weighted by molar-refractivity contribution is 5.81. The summed E-state index contributed by atoms with van der Waals surface area (Å²) in [7, 11) is 0. The van der Waals surface area contributed by atoms with Crippen LogP contribution < -0.4 is 0 Å². The lowest BCUT2D eigenvalue weighted by Crippen LogP contribution is -1.78. The van der Waals surface area contributed by atoms with Crippen molar-refractivity contribution in [2.45, 2.75) is 108 Å². The fourth-order valence-electron chi connectivity index (χ4n) is 2.57. The molecule has 0 N–H and O–H groups in total. The molecule has 0 atom stereocenters. The van der Waals surface area contributed by atoms with Crippen molar-refractivity contribution < 1.29 is 0 Å². The molecule has 0 fully saturated rings. The van der Waals surface area contributed by atoms with Gasteiger partial charge in [-0.05, 0) is 22.8 Å². The van der Waals surface area contributed by atoms with Gasteiger partial charge in [0.1, 0.15) is 0 Å². The van der Waals surface area contributed by atoms with Gasteiger partial charge in [0.25, 0.3) is 0 Å². The smallest absolute Gasteiger partial charge is 0.0184 e. The van der Waals surface area contributed by atoms with E-state index in [-0.39, 0.29) is 7.43 Å². The van der Waals surface area contributed by atoms with E-state index in [1.807, 2.05) is 41.5 Å². The molecule has 3 rings (SSSR count). The van der Waals surface area contributed by atoms with E-state index in [1.165, 1.54) is 54.9 Å². The summed E-state index contributed by atoms with van der Waals surface area (Å²) in [5, 5.41) is 2.62. The number of hydrogen-bond acceptors (Lipinski definition) is 0. The van der Waals surface area contributed by atoms with Crippen LogP contribution in [0.15, 0.2) is 78.9 Å². The molecule has 0 aliphatic rings. The molecule has 0 amide bonds. The molecule has 0 bridgehead atoms. The molecule has 0 aliphatic carbocycles. The normalized spacial score (nSPS) is 8.03. The highest BCUT2D eigenvalue weighted by Crippen LogP contribution is 2.11. The van der Waals surface area contributed by atoms with E-state index in [2.05, 4.69) is 99.6 Å². The summed E-state index contributed by atoms with van der Waals surface area (Å²) in [5.41, 5.74) is 1.44. The van der Waals surface area contributed by atoms with Crippen molar-refractivity contribution in [3.05, 3.63) is 84.4 Å². The van der Waals surface area contributed by atoms with Gasteiger partial charge in [-0.3, -0.25) is 0 Å². The average Bonchev–Trinajstić information content (AvgIpc) is 2.88. The minimum absolute atomic E-state index is 0. The van der Waals surface area contributed by atoms with E-state index in [1.54, 1.807) is 0 Å². The van der Waals surface area contributed by atoms with E-state index in [9.17, 15) is 0 Å². The van der Waals surface area contributed by atoms with Crippen molar-refractivity contribution in [3.63, 3.8) is 0 Å². The van der Waals surface area contributed by atoms with Gasteiger partial charge in [-0.15, -0.1) is 0 Å². The van der Waals surface area contributed by atoms with Crippen LogP contribution in [0.25, 0.3) is 10.8 Å². The van der Waals surface area contributed by atoms with Gasteiger partial charge < -0.3 is 0 Å². The lowest BCUT2D eigenvalue weighted by molar-refractivity contribution is 0.702. The van der Waals surface area contributed by atoms with Gasteiger partial charge in [-0.25, -0.2) is 0 Å². The van der Waals surface area contributed by atoms with E-state index in [0.717, 1.165) is 0 Å². The number of aryl methyl sites for hydroxylation is 1. The first kappa shape index (κ1) is 37.2. The van der Waals surface area contributed by atoms with Crippen LogP contribution in [0.4, 0.5) is 0 Å². The first-order valence-electron chi connectivity index (χ1n) is 12.8. The maximum Gasteiger partial charge on any atom is -0.0184 e. The maximum atomic E-state index is 2.23. The fraction of sp³-hybridized carbons (Fsp3) is 0.500. The Bertz CT molecular complexity index is 585. The minimum atomic E-state index is 0. The monoisotopic (exact) mass is 440 g/mol. The zero-order chi connectivity index (χ0) is 24.2. The molecule has 0 heteroatoms. The van der Waals surface area contributed by atoms with E-state index in [0.29, 0.717) is 0 Å². The first-order valence-corrected chi connectivity index (χ1v) is 12.8. The Morgan fingerprint density at radius 1 is 0.438 bits per heavy atom. The van der Waals surface area contributed by atoms with Crippen LogP contribution in [0.3, 0.4) is 0 Å². The van der Waals surface area contributed by atoms with Crippen molar-refractivity contribution in [3.8, 4) is 0 Å². The average molecular weight is 441 g/mol. The summed E-state index contributed by atoms with van der Waals surface area (Å²) in [4.78, 5) is 0. The molecule has 0 aliphatic heterocycles. The Morgan fingerprint density at radius 2 is 0.750 bits per heavy atom. The second-order valence-electron chi connectivity index (χ2n) is 6.29. The predicted molar refractivity (Wildman–Crippen MR) is 155 cm³/mol. The first-order chi connectivity index (χ1) is 15.3. The lowest BCUT2D eigenvalue weighted by Gasteiger charge is -1.93. The number of fused-ring (bicyclic) bond motifs is 1. The third-order valence-corrected chi connectivity index (χ3v) is 4.00. The van der Waals surface area contributed by atoms with Gasteiger partial charge in [0.15, 0.2) is 0 Å². The topological polar surface area (TPSA) is 0 Å². The minimum Gasteiger partial charge on any atom is -0.0776 e. The van der Waals surface area contributed by atoms with E-state index in [4.69, 9.17) is 0 Å². The summed E-state index contributed by atoms with van der Waals surface area (Å²) in [6, 6.07) is 27.3. The van der Waals surface area contributed by atoms with Crippen molar-refractivity contribution >= 4 is 10.8 Å². The number of unbranched alkanes of at least 4 members (excludes halogenated alkanes) is 3. The Kier molecular flexibility index (Phi) is 39.1. The summed E-state index contributed by atoms with van der Waals surface area (Å²) < 4.78 is 0. The summed E-state index contributed by atoms with van der Waals surface area (Å²) in [5.74, 6) is 0. The maximum absolute atomic E-state index is 2.23. The molecule has 0 aromatic heterocycles. The largest absolute Gasteiger partial charge is 0.0776 e. The molecule has 32 heavy (non-hydrogen) atoms. The zero-order valence-corrected chi connectivity index (χ0v) is 22.2. The van der Waals surface area contributed by atoms with Gasteiger partial charge in [-0.1, -0.05) is 181 Å². The summed E-state index contributed by atoms with van der Waals surface area (Å²) >= 11 is 0. The molecule has 3 aromatic rings. The van der Waals surface area contributed by atoms with Gasteiger partial charge in [0, 0.05) is 0 Å². The van der Waals surface area contributed by atoms with Crippen molar-refractivity contribution in [1.82, 2.24) is 0 Å². The molecule has 3 aromatic carbocycles. The van der Waals surface area contributed by atoms with E-state index >= 15 is 0 Å². The second-order valence-corrected chi connectivity index (χ2v) is 6.29. The van der Waals surface area contributed by atoms with Crippen LogP contribution in [0.1, 0.15) is 107 Å². The second kappa shape index (κ2) is 33.6. The SMILES string of the molecule is C.CC.CC.CC.CCCCCC.CCCc1ccccc1.c1ccc2ccccc2c1. The Morgan fingerprint density at radius 3 is 1.03 bits per heavy atom. The lowest BCUT2D eigenvalue weighted by atomic mass is 10.1. The zero-order valence-electron chi connectivity index (χ0n) is 22.2. The van der Waals surface area contributed by atoms with Crippen molar-refractivity contribution in [2.24, 2.45) is 0 Å². The molecule has 0 spiro atoms. The standard InChI is InChI=1S/C10H8.C9H12.C6H14.3C2H6.CH4/c1-2-6-10-8-4-3-7-9(10)5-1;1-2-6-9-7-4-3-5-8-9;1-3-5-6-4-2;3*1-2;/h1-8H;3-5,7-8H,2,6H2,1H3;3-6H2,1-2H3;3*1-2H3;1H4. The number of hydrogen-bond donors (Lipinski definition) is 0. The number of benzene rings is 3. The van der Waals surface area contributed by atoms with Gasteiger partial charge in [0.05, 0.1) is 0 Å². The number of rotatable bonds is 5. The molecule has 0 saturated heterocycles. The van der Waals surface area contributed by atoms with E-state index < -0.39 is 0 Å². The van der Waals surface area contributed by atoms with Crippen LogP contribution in [0, 0.1) is 0 Å². The molecule has 0 unspecified atom stereocenters. The highest BCUT2D eigenvalue weighted by atomic mass is 13.9. The van der Waals surface area contributed by atoms with Gasteiger partial charge in [0.2, 0.25) is 0 Å². The molecule has 0 heterocycles. The molecule has 0 nitrogen and oxygen atoms in total. The molecule has 184 valence electrons. The van der Waals surface area contributed by atoms with Gasteiger partial charge >= 0.3 is 0 Å². The Labute approximate surface area is 203 Å². The van der Waals surface area contributed by atoms with Crippen LogP contribution in [-0.2, 0) is 6.42 Å². The van der Waals surface area contributed by atoms with Crippen LogP contribution in [-0.4, -0.2) is 0 Å². The Balaban J connectivity index is -0.000000166. The third-order valence-electron chi connectivity index (χ3n) is 4.00. The van der Waals surface area contributed by atoms with Crippen LogP contribution in [0.2, 0.25) is 0 Å². The highest BCUT2D eigenvalue weighted by Gasteiger charge is 1.85.